The zero-order valence-electron chi connectivity index (χ0n) is 12.3. The molecule has 0 aliphatic carbocycles. The first-order valence-electron chi connectivity index (χ1n) is 6.43. The van der Waals surface area contributed by atoms with Gasteiger partial charge in [0.2, 0.25) is 10.0 Å². The van der Waals surface area contributed by atoms with Crippen molar-refractivity contribution in [3.8, 4) is 0 Å². The number of sulfonamides is 1. The van der Waals surface area contributed by atoms with Crippen LogP contribution < -0.4 is 5.32 Å². The van der Waals surface area contributed by atoms with Gasteiger partial charge in [-0.15, -0.1) is 0 Å². The molecule has 1 rings (SSSR count). The Morgan fingerprint density at radius 1 is 1.37 bits per heavy atom. The molecule has 1 aliphatic heterocycles. The van der Waals surface area contributed by atoms with Gasteiger partial charge in [0, 0.05) is 19.1 Å². The summed E-state index contributed by atoms with van der Waals surface area (Å²) < 4.78 is 29.6. The number of hydrogen-bond acceptors (Lipinski definition) is 4. The number of alkyl carbamates (subject to hydrolysis) is 1. The van der Waals surface area contributed by atoms with Gasteiger partial charge in [-0.05, 0) is 33.1 Å². The second-order valence-corrected chi connectivity index (χ2v) is 8.12. The van der Waals surface area contributed by atoms with Crippen LogP contribution in [0.15, 0.2) is 0 Å². The maximum Gasteiger partial charge on any atom is 0.407 e. The summed E-state index contributed by atoms with van der Waals surface area (Å²) in [4.78, 5) is 11.7. The second-order valence-electron chi connectivity index (χ2n) is 6.14. The van der Waals surface area contributed by atoms with Crippen LogP contribution in [-0.2, 0) is 14.8 Å². The molecule has 1 N–H and O–H groups in total. The molecule has 112 valence electrons. The van der Waals surface area contributed by atoms with Crippen LogP contribution in [0.25, 0.3) is 0 Å². The Hall–Kier alpha value is -0.820. The van der Waals surface area contributed by atoms with E-state index in [9.17, 15) is 13.2 Å². The van der Waals surface area contributed by atoms with Crippen LogP contribution in [0, 0.1) is 5.92 Å². The third kappa shape index (κ3) is 5.36. The van der Waals surface area contributed by atoms with Crippen LogP contribution >= 0.6 is 0 Å². The lowest BCUT2D eigenvalue weighted by Crippen LogP contribution is -2.52. The van der Waals surface area contributed by atoms with Crippen LogP contribution in [-0.4, -0.2) is 49.8 Å². The van der Waals surface area contributed by atoms with E-state index >= 15 is 0 Å². The minimum Gasteiger partial charge on any atom is -0.444 e. The van der Waals surface area contributed by atoms with Gasteiger partial charge < -0.3 is 10.1 Å². The van der Waals surface area contributed by atoms with E-state index in [-0.39, 0.29) is 12.0 Å². The predicted octanol–water partition coefficient (Wildman–Crippen LogP) is 1.18. The van der Waals surface area contributed by atoms with Gasteiger partial charge in [0.1, 0.15) is 5.60 Å². The molecule has 0 unspecified atom stereocenters. The molecular weight excluding hydrogens is 268 g/mol. The maximum absolute atomic E-state index is 11.7. The van der Waals surface area contributed by atoms with E-state index in [1.807, 2.05) is 27.7 Å². The Morgan fingerprint density at radius 3 is 2.37 bits per heavy atom. The fourth-order valence-electron chi connectivity index (χ4n) is 2.08. The van der Waals surface area contributed by atoms with Crippen LogP contribution in [0.4, 0.5) is 4.79 Å². The van der Waals surface area contributed by atoms with Crippen LogP contribution in [0.5, 0.6) is 0 Å². The Morgan fingerprint density at radius 2 is 1.95 bits per heavy atom. The number of ether oxygens (including phenoxy) is 1. The normalized spacial score (nSPS) is 25.9. The highest BCUT2D eigenvalue weighted by molar-refractivity contribution is 7.88. The molecule has 1 amide bonds. The number of hydrogen-bond donors (Lipinski definition) is 1. The fourth-order valence-corrected chi connectivity index (χ4v) is 3.02. The lowest BCUT2D eigenvalue weighted by molar-refractivity contribution is 0.0466. The van der Waals surface area contributed by atoms with Crippen molar-refractivity contribution in [1.82, 2.24) is 9.62 Å². The van der Waals surface area contributed by atoms with Crippen LogP contribution in [0.3, 0.4) is 0 Å². The molecule has 0 radical (unpaired) electrons. The summed E-state index contributed by atoms with van der Waals surface area (Å²) >= 11 is 0. The van der Waals surface area contributed by atoms with Crippen molar-refractivity contribution >= 4 is 16.1 Å². The van der Waals surface area contributed by atoms with Crippen molar-refractivity contribution < 1.29 is 17.9 Å². The predicted molar refractivity (Wildman–Crippen MR) is 73.4 cm³/mol. The fraction of sp³-hybridized carbons (Fsp3) is 0.917. The van der Waals surface area contributed by atoms with E-state index in [0.29, 0.717) is 19.5 Å². The smallest absolute Gasteiger partial charge is 0.407 e. The Labute approximate surface area is 115 Å². The molecule has 0 aromatic carbocycles. The Balaban J connectivity index is 2.53. The third-order valence-corrected chi connectivity index (χ3v) is 4.31. The average Bonchev–Trinajstić information content (AvgIpc) is 2.16. The summed E-state index contributed by atoms with van der Waals surface area (Å²) in [7, 11) is -3.15. The summed E-state index contributed by atoms with van der Waals surface area (Å²) in [5, 5.41) is 2.81. The largest absolute Gasteiger partial charge is 0.444 e. The number of nitrogens with zero attached hydrogens (tertiary/aromatic N) is 1. The minimum atomic E-state index is -3.15. The first-order valence-corrected chi connectivity index (χ1v) is 8.28. The number of piperidine rings is 1. The van der Waals surface area contributed by atoms with E-state index in [1.165, 1.54) is 10.6 Å². The van der Waals surface area contributed by atoms with Gasteiger partial charge in [0.05, 0.1) is 6.26 Å². The summed E-state index contributed by atoms with van der Waals surface area (Å²) in [5.41, 5.74) is -0.527. The Kier molecular flexibility index (Phi) is 4.84. The maximum atomic E-state index is 11.7. The van der Waals surface area contributed by atoms with Crippen molar-refractivity contribution in [3.63, 3.8) is 0 Å². The molecule has 0 aromatic rings. The average molecular weight is 292 g/mol. The molecule has 19 heavy (non-hydrogen) atoms. The summed E-state index contributed by atoms with van der Waals surface area (Å²) in [6, 6.07) is -0.0483. The molecule has 6 nitrogen and oxygen atoms in total. The molecule has 0 spiro atoms. The highest BCUT2D eigenvalue weighted by Crippen LogP contribution is 2.19. The number of carbonyl (C=O) groups excluding carboxylic acids is 1. The molecule has 2 atom stereocenters. The number of rotatable bonds is 2. The second kappa shape index (κ2) is 5.66. The van der Waals surface area contributed by atoms with Gasteiger partial charge in [0.15, 0.2) is 0 Å². The highest BCUT2D eigenvalue weighted by Gasteiger charge is 2.32. The third-order valence-electron chi connectivity index (χ3n) is 3.04. The molecule has 0 saturated carbocycles. The van der Waals surface area contributed by atoms with Crippen molar-refractivity contribution in [2.45, 2.75) is 45.8 Å². The van der Waals surface area contributed by atoms with Gasteiger partial charge in [-0.25, -0.2) is 17.5 Å². The zero-order valence-corrected chi connectivity index (χ0v) is 13.1. The molecular formula is C12H24N2O4S. The number of nitrogens with one attached hydrogen (secondary N) is 1. The minimum absolute atomic E-state index is 0.0483. The van der Waals surface area contributed by atoms with Crippen molar-refractivity contribution in [3.05, 3.63) is 0 Å². The van der Waals surface area contributed by atoms with Crippen LogP contribution in [0.1, 0.15) is 34.1 Å². The lowest BCUT2D eigenvalue weighted by atomic mass is 9.95. The summed E-state index contributed by atoms with van der Waals surface area (Å²) in [6.07, 6.45) is 1.37. The van der Waals surface area contributed by atoms with Gasteiger partial charge in [-0.3, -0.25) is 0 Å². The van der Waals surface area contributed by atoms with E-state index in [1.54, 1.807) is 0 Å². The zero-order chi connectivity index (χ0) is 14.8. The molecule has 0 aromatic heterocycles. The number of carbonyl (C=O) groups is 1. The van der Waals surface area contributed by atoms with Crippen molar-refractivity contribution in [2.24, 2.45) is 5.92 Å². The monoisotopic (exact) mass is 292 g/mol. The molecule has 1 heterocycles. The number of amides is 1. The lowest BCUT2D eigenvalue weighted by Gasteiger charge is -2.36. The van der Waals surface area contributed by atoms with Gasteiger partial charge in [-0.1, -0.05) is 6.92 Å². The van der Waals surface area contributed by atoms with Gasteiger partial charge >= 0.3 is 6.09 Å². The highest BCUT2D eigenvalue weighted by atomic mass is 32.2. The van der Waals surface area contributed by atoms with E-state index in [4.69, 9.17) is 4.74 Å². The molecule has 7 heteroatoms. The topological polar surface area (TPSA) is 75.7 Å². The standard InChI is InChI=1S/C12H24N2O4S/c1-9-8-14(19(5,16)17)7-6-10(9)13-11(15)18-12(2,3)4/h9-10H,6-8H2,1-5H3,(H,13,15)/t9-,10+/m1/s1. The van der Waals surface area contributed by atoms with E-state index in [2.05, 4.69) is 5.32 Å². The van der Waals surface area contributed by atoms with Crippen molar-refractivity contribution in [1.29, 1.82) is 0 Å². The summed E-state index contributed by atoms with van der Waals surface area (Å²) in [6.45, 7) is 8.22. The van der Waals surface area contributed by atoms with Gasteiger partial charge in [-0.2, -0.15) is 0 Å². The van der Waals surface area contributed by atoms with Gasteiger partial charge in [0.25, 0.3) is 0 Å². The first kappa shape index (κ1) is 16.2. The van der Waals surface area contributed by atoms with Crippen molar-refractivity contribution in [2.75, 3.05) is 19.3 Å². The van der Waals surface area contributed by atoms with Crippen LogP contribution in [0.2, 0.25) is 0 Å². The Bertz CT molecular complexity index is 428. The SMILES string of the molecule is C[C@@H]1CN(S(C)(=O)=O)CC[C@@H]1NC(=O)OC(C)(C)C. The molecule has 1 aliphatic rings. The molecule has 1 saturated heterocycles. The molecule has 0 bridgehead atoms. The van der Waals surface area contributed by atoms with E-state index in [0.717, 1.165) is 0 Å². The quantitative estimate of drug-likeness (QED) is 0.829. The first-order chi connectivity index (χ1) is 8.49. The molecule has 1 fully saturated rings. The summed E-state index contributed by atoms with van der Waals surface area (Å²) in [5.74, 6) is 0.0657. The van der Waals surface area contributed by atoms with E-state index < -0.39 is 21.7 Å².